The average molecular weight is 234 g/mol. The molecule has 0 spiro atoms. The molecule has 0 unspecified atom stereocenters. The monoisotopic (exact) mass is 234 g/mol. The third-order valence-electron chi connectivity index (χ3n) is 4.11. The summed E-state index contributed by atoms with van der Waals surface area (Å²) in [7, 11) is 0. The van der Waals surface area contributed by atoms with E-state index in [1.807, 2.05) is 13.0 Å². The van der Waals surface area contributed by atoms with Gasteiger partial charge < -0.3 is 10.2 Å². The molecule has 1 aliphatic heterocycles. The van der Waals surface area contributed by atoms with Gasteiger partial charge in [-0.2, -0.15) is 0 Å². The van der Waals surface area contributed by atoms with Crippen molar-refractivity contribution in [1.82, 2.24) is 5.32 Å². The van der Waals surface area contributed by atoms with E-state index in [2.05, 4.69) is 10.2 Å². The zero-order valence-corrected chi connectivity index (χ0v) is 10.2. The first-order valence-corrected chi connectivity index (χ1v) is 6.52. The number of halogens is 1. The minimum absolute atomic E-state index is 0.135. The molecule has 2 nitrogen and oxygen atoms in total. The highest BCUT2D eigenvalue weighted by molar-refractivity contribution is 5.55. The normalized spacial score (nSPS) is 28.2. The maximum absolute atomic E-state index is 13.2. The molecule has 2 aliphatic rings. The Bertz CT molecular complexity index is 419. The Balaban J connectivity index is 1.91. The van der Waals surface area contributed by atoms with Crippen LogP contribution in [-0.2, 0) is 0 Å². The van der Waals surface area contributed by atoms with Crippen molar-refractivity contribution in [3.63, 3.8) is 0 Å². The molecule has 1 aliphatic carbocycles. The van der Waals surface area contributed by atoms with Crippen molar-refractivity contribution in [3.8, 4) is 0 Å². The van der Waals surface area contributed by atoms with Crippen LogP contribution < -0.4 is 10.2 Å². The van der Waals surface area contributed by atoms with E-state index in [9.17, 15) is 4.39 Å². The lowest BCUT2D eigenvalue weighted by molar-refractivity contribution is 0.403. The lowest BCUT2D eigenvalue weighted by Gasteiger charge is -2.40. The molecule has 1 aromatic rings. The van der Waals surface area contributed by atoms with Crippen LogP contribution >= 0.6 is 0 Å². The zero-order valence-electron chi connectivity index (χ0n) is 10.2. The lowest BCUT2D eigenvalue weighted by atomic mass is 10.0. The summed E-state index contributed by atoms with van der Waals surface area (Å²) in [6.45, 7) is 4.08. The molecule has 92 valence electrons. The first kappa shape index (κ1) is 11.0. The van der Waals surface area contributed by atoms with E-state index >= 15 is 0 Å². The second-order valence-corrected chi connectivity index (χ2v) is 5.18. The van der Waals surface area contributed by atoms with Crippen LogP contribution in [-0.4, -0.2) is 25.2 Å². The van der Waals surface area contributed by atoms with Gasteiger partial charge in [0.15, 0.2) is 0 Å². The third-order valence-corrected chi connectivity index (χ3v) is 4.11. The van der Waals surface area contributed by atoms with E-state index in [4.69, 9.17) is 0 Å². The topological polar surface area (TPSA) is 15.3 Å². The Hall–Kier alpha value is -1.09. The summed E-state index contributed by atoms with van der Waals surface area (Å²) in [5.41, 5.74) is 2.27. The minimum atomic E-state index is -0.135. The lowest BCUT2D eigenvalue weighted by Crippen LogP contribution is -2.55. The number of hydrogen-bond donors (Lipinski definition) is 1. The number of benzene rings is 1. The first-order chi connectivity index (χ1) is 8.25. The Morgan fingerprint density at radius 2 is 2.24 bits per heavy atom. The Morgan fingerprint density at radius 3 is 3.06 bits per heavy atom. The van der Waals surface area contributed by atoms with Gasteiger partial charge in [0.05, 0.1) is 0 Å². The van der Waals surface area contributed by atoms with Crippen LogP contribution in [0.3, 0.4) is 0 Å². The van der Waals surface area contributed by atoms with Crippen LogP contribution in [0.4, 0.5) is 10.1 Å². The summed E-state index contributed by atoms with van der Waals surface area (Å²) in [6.07, 6.45) is 3.84. The van der Waals surface area contributed by atoms with Gasteiger partial charge in [-0.15, -0.1) is 0 Å². The van der Waals surface area contributed by atoms with Gasteiger partial charge in [0.1, 0.15) is 5.82 Å². The SMILES string of the molecule is Cc1cc(F)ccc1N1CCN[C@H]2CCC[C@@H]21. The maximum Gasteiger partial charge on any atom is 0.123 e. The van der Waals surface area contributed by atoms with Crippen molar-refractivity contribution in [2.24, 2.45) is 0 Å². The number of hydrogen-bond acceptors (Lipinski definition) is 2. The van der Waals surface area contributed by atoms with Gasteiger partial charge in [-0.25, -0.2) is 4.39 Å². The van der Waals surface area contributed by atoms with Gasteiger partial charge in [0, 0.05) is 30.9 Å². The summed E-state index contributed by atoms with van der Waals surface area (Å²) in [5.74, 6) is -0.135. The van der Waals surface area contributed by atoms with Crippen LogP contribution in [0.5, 0.6) is 0 Å². The highest BCUT2D eigenvalue weighted by atomic mass is 19.1. The summed E-state index contributed by atoms with van der Waals surface area (Å²) in [4.78, 5) is 2.48. The van der Waals surface area contributed by atoms with E-state index in [-0.39, 0.29) is 5.82 Å². The maximum atomic E-state index is 13.2. The van der Waals surface area contributed by atoms with E-state index in [0.717, 1.165) is 18.7 Å². The second-order valence-electron chi connectivity index (χ2n) is 5.18. The quantitative estimate of drug-likeness (QED) is 0.803. The second kappa shape index (κ2) is 4.30. The van der Waals surface area contributed by atoms with Crippen LogP contribution in [0, 0.1) is 12.7 Å². The molecule has 0 aromatic heterocycles. The van der Waals surface area contributed by atoms with Gasteiger partial charge in [0.2, 0.25) is 0 Å². The van der Waals surface area contributed by atoms with Crippen molar-refractivity contribution in [2.75, 3.05) is 18.0 Å². The molecule has 1 saturated carbocycles. The summed E-state index contributed by atoms with van der Waals surface area (Å²) in [6, 6.07) is 6.39. The molecule has 1 N–H and O–H groups in total. The fourth-order valence-corrected chi connectivity index (χ4v) is 3.33. The molecule has 2 fully saturated rings. The van der Waals surface area contributed by atoms with Crippen molar-refractivity contribution in [3.05, 3.63) is 29.6 Å². The number of nitrogens with one attached hydrogen (secondary N) is 1. The number of fused-ring (bicyclic) bond motifs is 1. The van der Waals surface area contributed by atoms with Crippen LogP contribution in [0.15, 0.2) is 18.2 Å². The first-order valence-electron chi connectivity index (χ1n) is 6.52. The van der Waals surface area contributed by atoms with Crippen molar-refractivity contribution < 1.29 is 4.39 Å². The minimum Gasteiger partial charge on any atom is -0.365 e. The number of piperazine rings is 1. The third kappa shape index (κ3) is 1.93. The molecule has 0 radical (unpaired) electrons. The Labute approximate surface area is 102 Å². The zero-order chi connectivity index (χ0) is 11.8. The molecular weight excluding hydrogens is 215 g/mol. The summed E-state index contributed by atoms with van der Waals surface area (Å²) >= 11 is 0. The fourth-order valence-electron chi connectivity index (χ4n) is 3.33. The van der Waals surface area contributed by atoms with Gasteiger partial charge in [0.25, 0.3) is 0 Å². The highest BCUT2D eigenvalue weighted by Gasteiger charge is 2.35. The van der Waals surface area contributed by atoms with Gasteiger partial charge in [-0.3, -0.25) is 0 Å². The number of rotatable bonds is 1. The number of nitrogens with zero attached hydrogens (tertiary/aromatic N) is 1. The van der Waals surface area contributed by atoms with Crippen LogP contribution in [0.2, 0.25) is 0 Å². The summed E-state index contributed by atoms with van der Waals surface area (Å²) in [5, 5.41) is 3.60. The molecule has 1 saturated heterocycles. The molecule has 3 rings (SSSR count). The van der Waals surface area contributed by atoms with Crippen molar-refractivity contribution in [1.29, 1.82) is 0 Å². The summed E-state index contributed by atoms with van der Waals surface area (Å²) < 4.78 is 13.2. The molecule has 1 heterocycles. The molecule has 0 amide bonds. The Morgan fingerprint density at radius 1 is 1.35 bits per heavy atom. The van der Waals surface area contributed by atoms with E-state index in [1.54, 1.807) is 12.1 Å². The molecule has 3 heteroatoms. The van der Waals surface area contributed by atoms with Crippen LogP contribution in [0.1, 0.15) is 24.8 Å². The number of aryl methyl sites for hydroxylation is 1. The smallest absolute Gasteiger partial charge is 0.123 e. The highest BCUT2D eigenvalue weighted by Crippen LogP contribution is 2.32. The van der Waals surface area contributed by atoms with E-state index < -0.39 is 0 Å². The fraction of sp³-hybridized carbons (Fsp3) is 0.571. The molecule has 1 aromatic carbocycles. The van der Waals surface area contributed by atoms with E-state index in [1.165, 1.54) is 24.9 Å². The van der Waals surface area contributed by atoms with Crippen molar-refractivity contribution in [2.45, 2.75) is 38.3 Å². The largest absolute Gasteiger partial charge is 0.365 e. The Kier molecular flexibility index (Phi) is 2.79. The van der Waals surface area contributed by atoms with Crippen molar-refractivity contribution >= 4 is 5.69 Å². The van der Waals surface area contributed by atoms with Crippen LogP contribution in [0.25, 0.3) is 0 Å². The van der Waals surface area contributed by atoms with Gasteiger partial charge in [-0.05, 0) is 49.9 Å². The number of anilines is 1. The molecular formula is C14H19FN2. The average Bonchev–Trinajstić information content (AvgIpc) is 2.77. The van der Waals surface area contributed by atoms with Gasteiger partial charge >= 0.3 is 0 Å². The molecule has 17 heavy (non-hydrogen) atoms. The van der Waals surface area contributed by atoms with E-state index in [0.29, 0.717) is 12.1 Å². The predicted molar refractivity (Wildman–Crippen MR) is 67.9 cm³/mol. The molecule has 0 bridgehead atoms. The predicted octanol–water partition coefficient (Wildman–Crippen LogP) is 2.46. The standard InChI is InChI=1S/C14H19FN2/c1-10-9-11(15)5-6-13(10)17-8-7-16-12-3-2-4-14(12)17/h5-6,9,12,14,16H,2-4,7-8H2,1H3/t12-,14-/m0/s1. The molecule has 2 atom stereocenters. The van der Waals surface area contributed by atoms with Gasteiger partial charge in [-0.1, -0.05) is 0 Å².